The lowest BCUT2D eigenvalue weighted by molar-refractivity contribution is 0.272. The molecule has 0 radical (unpaired) electrons. The van der Waals surface area contributed by atoms with Gasteiger partial charge in [-0.2, -0.15) is 0 Å². The molecule has 4 nitrogen and oxygen atoms in total. The highest BCUT2D eigenvalue weighted by atomic mass is 35.5. The fourth-order valence-corrected chi connectivity index (χ4v) is 2.50. The third kappa shape index (κ3) is 2.97. The zero-order chi connectivity index (χ0) is 13.2. The second-order valence-electron chi connectivity index (χ2n) is 4.97. The van der Waals surface area contributed by atoms with Crippen LogP contribution in [0.3, 0.4) is 0 Å². The van der Waals surface area contributed by atoms with Crippen molar-refractivity contribution in [3.8, 4) is 11.3 Å². The number of hydrogen-bond donors (Lipinski definition) is 1. The lowest BCUT2D eigenvalue weighted by Crippen LogP contribution is -2.26. The average molecular weight is 278 g/mol. The predicted octanol–water partition coefficient (Wildman–Crippen LogP) is 2.53. The van der Waals surface area contributed by atoms with Gasteiger partial charge in [0.15, 0.2) is 5.76 Å². The predicted molar refractivity (Wildman–Crippen MR) is 74.8 cm³/mol. The van der Waals surface area contributed by atoms with Crippen LogP contribution in [0, 0.1) is 0 Å². The van der Waals surface area contributed by atoms with Crippen LogP contribution in [0.4, 0.5) is 0 Å². The molecule has 0 amide bonds. The Morgan fingerprint density at radius 1 is 1.37 bits per heavy atom. The third-order valence-corrected chi connectivity index (χ3v) is 3.64. The average Bonchev–Trinajstić information content (AvgIpc) is 3.00. The minimum Gasteiger partial charge on any atom is -0.359 e. The van der Waals surface area contributed by atoms with Crippen LogP contribution in [-0.2, 0) is 6.54 Å². The Kier molecular flexibility index (Phi) is 3.55. The van der Waals surface area contributed by atoms with Crippen LogP contribution in [0.25, 0.3) is 11.3 Å². The van der Waals surface area contributed by atoms with E-state index in [1.807, 2.05) is 30.3 Å². The van der Waals surface area contributed by atoms with Gasteiger partial charge in [0, 0.05) is 35.8 Å². The molecule has 3 rings (SSSR count). The molecule has 0 saturated carbocycles. The number of aromatic nitrogens is 1. The van der Waals surface area contributed by atoms with Gasteiger partial charge in [0.2, 0.25) is 0 Å². The van der Waals surface area contributed by atoms with Crippen molar-refractivity contribution in [3.05, 3.63) is 41.1 Å². The Morgan fingerprint density at radius 3 is 2.84 bits per heavy atom. The van der Waals surface area contributed by atoms with E-state index in [9.17, 15) is 0 Å². The van der Waals surface area contributed by atoms with Gasteiger partial charge in [0.25, 0.3) is 0 Å². The van der Waals surface area contributed by atoms with Crippen LogP contribution < -0.4 is 5.73 Å². The molecular formula is C14H16ClN3O. The van der Waals surface area contributed by atoms with Gasteiger partial charge in [-0.15, -0.1) is 0 Å². The molecule has 0 bridgehead atoms. The Balaban J connectivity index is 1.71. The Bertz CT molecular complexity index is 552. The van der Waals surface area contributed by atoms with E-state index in [0.717, 1.165) is 48.1 Å². The van der Waals surface area contributed by atoms with Gasteiger partial charge in [0.1, 0.15) is 5.69 Å². The second kappa shape index (κ2) is 5.33. The van der Waals surface area contributed by atoms with Crippen molar-refractivity contribution < 1.29 is 4.52 Å². The quantitative estimate of drug-likeness (QED) is 0.937. The highest BCUT2D eigenvalue weighted by molar-refractivity contribution is 6.30. The van der Waals surface area contributed by atoms with E-state index in [2.05, 4.69) is 10.1 Å². The first-order valence-electron chi connectivity index (χ1n) is 6.40. The highest BCUT2D eigenvalue weighted by Crippen LogP contribution is 2.22. The Morgan fingerprint density at radius 2 is 2.16 bits per heavy atom. The number of rotatable bonds is 3. The smallest absolute Gasteiger partial charge is 0.151 e. The van der Waals surface area contributed by atoms with Crippen molar-refractivity contribution >= 4 is 11.6 Å². The van der Waals surface area contributed by atoms with E-state index < -0.39 is 0 Å². The van der Waals surface area contributed by atoms with Crippen molar-refractivity contribution in [2.24, 2.45) is 5.73 Å². The standard InChI is InChI=1S/C14H16ClN3O/c15-11-3-1-10(2-4-11)14-7-13(19-17-14)9-18-6-5-12(16)8-18/h1-4,7,12H,5-6,8-9,16H2/t12-/m1/s1. The van der Waals surface area contributed by atoms with Crippen LogP contribution in [0.1, 0.15) is 12.2 Å². The molecule has 2 N–H and O–H groups in total. The summed E-state index contributed by atoms with van der Waals surface area (Å²) in [7, 11) is 0. The zero-order valence-corrected chi connectivity index (χ0v) is 11.3. The maximum atomic E-state index is 5.89. The van der Waals surface area contributed by atoms with Gasteiger partial charge in [-0.25, -0.2) is 0 Å². The second-order valence-corrected chi connectivity index (χ2v) is 5.41. The minimum atomic E-state index is 0.290. The first-order valence-corrected chi connectivity index (χ1v) is 6.78. The number of halogens is 1. The molecule has 19 heavy (non-hydrogen) atoms. The fourth-order valence-electron chi connectivity index (χ4n) is 2.37. The maximum Gasteiger partial charge on any atom is 0.151 e. The molecule has 1 aliphatic rings. The molecule has 5 heteroatoms. The molecule has 0 unspecified atom stereocenters. The number of hydrogen-bond acceptors (Lipinski definition) is 4. The molecule has 0 aliphatic carbocycles. The summed E-state index contributed by atoms with van der Waals surface area (Å²) in [6, 6.07) is 9.85. The first-order chi connectivity index (χ1) is 9.20. The van der Waals surface area contributed by atoms with Gasteiger partial charge >= 0.3 is 0 Å². The summed E-state index contributed by atoms with van der Waals surface area (Å²) >= 11 is 5.87. The molecule has 1 aromatic heterocycles. The van der Waals surface area contributed by atoms with Gasteiger partial charge in [-0.05, 0) is 18.6 Å². The molecule has 1 atom stereocenters. The van der Waals surface area contributed by atoms with Crippen LogP contribution in [-0.4, -0.2) is 29.2 Å². The lowest BCUT2D eigenvalue weighted by atomic mass is 10.1. The van der Waals surface area contributed by atoms with Gasteiger partial charge in [0.05, 0.1) is 6.54 Å². The van der Waals surface area contributed by atoms with Gasteiger partial charge in [-0.1, -0.05) is 28.9 Å². The minimum absolute atomic E-state index is 0.290. The molecule has 1 aromatic carbocycles. The van der Waals surface area contributed by atoms with E-state index >= 15 is 0 Å². The molecule has 2 heterocycles. The van der Waals surface area contributed by atoms with E-state index in [4.69, 9.17) is 21.9 Å². The SMILES string of the molecule is N[C@@H]1CCN(Cc2cc(-c3ccc(Cl)cc3)no2)C1. The van der Waals surface area contributed by atoms with Crippen molar-refractivity contribution in [1.82, 2.24) is 10.1 Å². The summed E-state index contributed by atoms with van der Waals surface area (Å²) < 4.78 is 5.38. The highest BCUT2D eigenvalue weighted by Gasteiger charge is 2.20. The van der Waals surface area contributed by atoms with E-state index in [-0.39, 0.29) is 0 Å². The van der Waals surface area contributed by atoms with Gasteiger partial charge < -0.3 is 10.3 Å². The van der Waals surface area contributed by atoms with Crippen LogP contribution in [0.5, 0.6) is 0 Å². The van der Waals surface area contributed by atoms with Crippen molar-refractivity contribution in [2.75, 3.05) is 13.1 Å². The molecule has 2 aromatic rings. The van der Waals surface area contributed by atoms with Gasteiger partial charge in [-0.3, -0.25) is 4.90 Å². The monoisotopic (exact) mass is 277 g/mol. The number of likely N-dealkylation sites (tertiary alicyclic amines) is 1. The molecule has 1 aliphatic heterocycles. The molecular weight excluding hydrogens is 262 g/mol. The maximum absolute atomic E-state index is 5.89. The zero-order valence-electron chi connectivity index (χ0n) is 10.6. The molecule has 1 fully saturated rings. The van der Waals surface area contributed by atoms with Crippen molar-refractivity contribution in [2.45, 2.75) is 19.0 Å². The van der Waals surface area contributed by atoms with E-state index in [1.54, 1.807) is 0 Å². The third-order valence-electron chi connectivity index (χ3n) is 3.39. The van der Waals surface area contributed by atoms with Crippen LogP contribution in [0.2, 0.25) is 5.02 Å². The van der Waals surface area contributed by atoms with Crippen molar-refractivity contribution in [3.63, 3.8) is 0 Å². The molecule has 100 valence electrons. The largest absolute Gasteiger partial charge is 0.359 e. The fraction of sp³-hybridized carbons (Fsp3) is 0.357. The number of nitrogens with zero attached hydrogens (tertiary/aromatic N) is 2. The Labute approximate surface area is 117 Å². The number of nitrogens with two attached hydrogens (primary N) is 1. The molecule has 1 saturated heterocycles. The summed E-state index contributed by atoms with van der Waals surface area (Å²) in [4.78, 5) is 2.29. The topological polar surface area (TPSA) is 55.3 Å². The normalized spacial score (nSPS) is 20.0. The van der Waals surface area contributed by atoms with Crippen molar-refractivity contribution in [1.29, 1.82) is 0 Å². The summed E-state index contributed by atoms with van der Waals surface area (Å²) in [5.74, 6) is 0.874. The Hall–Kier alpha value is -1.36. The molecule has 0 spiro atoms. The number of benzene rings is 1. The lowest BCUT2D eigenvalue weighted by Gasteiger charge is -2.11. The summed E-state index contributed by atoms with van der Waals surface area (Å²) in [5.41, 5.74) is 7.74. The summed E-state index contributed by atoms with van der Waals surface area (Å²) in [6.07, 6.45) is 1.05. The van der Waals surface area contributed by atoms with Crippen LogP contribution in [0.15, 0.2) is 34.9 Å². The van der Waals surface area contributed by atoms with E-state index in [1.165, 1.54) is 0 Å². The van der Waals surface area contributed by atoms with E-state index in [0.29, 0.717) is 6.04 Å². The van der Waals surface area contributed by atoms with Crippen LogP contribution >= 0.6 is 11.6 Å². The first kappa shape index (κ1) is 12.7. The summed E-state index contributed by atoms with van der Waals surface area (Å²) in [6.45, 7) is 2.73. The summed E-state index contributed by atoms with van der Waals surface area (Å²) in [5, 5.41) is 4.82.